The number of carbonyl (C=O) groups excluding carboxylic acids is 1. The van der Waals surface area contributed by atoms with Crippen LogP contribution in [-0.2, 0) is 6.54 Å². The number of nitrogens with zero attached hydrogens (tertiary/aromatic N) is 1. The van der Waals surface area contributed by atoms with Crippen LogP contribution in [0.3, 0.4) is 0 Å². The van der Waals surface area contributed by atoms with E-state index in [0.717, 1.165) is 44.3 Å². The van der Waals surface area contributed by atoms with Crippen LogP contribution < -0.4 is 5.32 Å². The van der Waals surface area contributed by atoms with Gasteiger partial charge in [-0.05, 0) is 48.9 Å². The number of aromatic nitrogens is 2. The second-order valence-corrected chi connectivity index (χ2v) is 7.43. The fourth-order valence-electron chi connectivity index (χ4n) is 3.97. The Labute approximate surface area is 174 Å². The molecule has 4 heteroatoms. The summed E-state index contributed by atoms with van der Waals surface area (Å²) in [5.41, 5.74) is 6.22. The molecule has 0 unspecified atom stereocenters. The van der Waals surface area contributed by atoms with Gasteiger partial charge in [0, 0.05) is 46.0 Å². The van der Waals surface area contributed by atoms with Crippen molar-refractivity contribution in [3.63, 3.8) is 0 Å². The number of aromatic amines is 1. The number of benzene rings is 3. The number of anilines is 1. The molecule has 0 spiro atoms. The van der Waals surface area contributed by atoms with Crippen LogP contribution in [0.4, 0.5) is 5.69 Å². The van der Waals surface area contributed by atoms with Crippen molar-refractivity contribution in [2.45, 2.75) is 13.5 Å². The van der Waals surface area contributed by atoms with E-state index >= 15 is 0 Å². The zero-order valence-corrected chi connectivity index (χ0v) is 16.6. The molecule has 0 aliphatic carbocycles. The first-order valence-corrected chi connectivity index (χ1v) is 9.99. The summed E-state index contributed by atoms with van der Waals surface area (Å²) >= 11 is 0. The largest absolute Gasteiger partial charge is 0.380 e. The lowest BCUT2D eigenvalue weighted by Crippen LogP contribution is -2.08. The first-order chi connectivity index (χ1) is 14.7. The van der Waals surface area contributed by atoms with Gasteiger partial charge in [-0.3, -0.25) is 9.78 Å². The van der Waals surface area contributed by atoms with Gasteiger partial charge in [0.15, 0.2) is 5.78 Å². The molecular weight excluding hydrogens is 370 g/mol. The monoisotopic (exact) mass is 391 g/mol. The molecule has 5 rings (SSSR count). The number of aryl methyl sites for hydroxylation is 1. The fourth-order valence-corrected chi connectivity index (χ4v) is 3.97. The summed E-state index contributed by atoms with van der Waals surface area (Å²) in [6.45, 7) is 2.58. The van der Waals surface area contributed by atoms with E-state index in [1.165, 1.54) is 0 Å². The van der Waals surface area contributed by atoms with E-state index in [9.17, 15) is 4.79 Å². The van der Waals surface area contributed by atoms with Crippen molar-refractivity contribution < 1.29 is 4.79 Å². The highest BCUT2D eigenvalue weighted by Crippen LogP contribution is 2.27. The molecule has 2 heterocycles. The van der Waals surface area contributed by atoms with Crippen molar-refractivity contribution in [1.82, 2.24) is 9.97 Å². The molecule has 0 atom stereocenters. The second kappa shape index (κ2) is 7.48. The lowest BCUT2D eigenvalue weighted by Gasteiger charge is -2.12. The van der Waals surface area contributed by atoms with Crippen LogP contribution in [0.1, 0.15) is 27.2 Å². The minimum Gasteiger partial charge on any atom is -0.380 e. The number of H-pyrrole nitrogens is 1. The Morgan fingerprint density at radius 2 is 1.80 bits per heavy atom. The Morgan fingerprint density at radius 1 is 0.967 bits per heavy atom. The van der Waals surface area contributed by atoms with Crippen LogP contribution in [0.25, 0.3) is 21.8 Å². The topological polar surface area (TPSA) is 57.8 Å². The van der Waals surface area contributed by atoms with Gasteiger partial charge >= 0.3 is 0 Å². The van der Waals surface area contributed by atoms with E-state index < -0.39 is 0 Å². The maximum absolute atomic E-state index is 13.5. The van der Waals surface area contributed by atoms with Gasteiger partial charge in [-0.1, -0.05) is 42.5 Å². The molecule has 146 valence electrons. The second-order valence-electron chi connectivity index (χ2n) is 7.43. The molecule has 2 aromatic heterocycles. The molecule has 0 saturated heterocycles. The highest BCUT2D eigenvalue weighted by molar-refractivity contribution is 6.19. The molecule has 0 radical (unpaired) electrons. The molecule has 4 nitrogen and oxygen atoms in total. The number of para-hydroxylation sites is 2. The van der Waals surface area contributed by atoms with E-state index in [1.807, 2.05) is 67.6 Å². The molecule has 0 fully saturated rings. The average Bonchev–Trinajstić information content (AvgIpc) is 3.13. The SMILES string of the molecule is Cc1[nH]c2ccccc2c1C(=O)c1ccccc1NCc1ccc2ncccc2c1. The van der Waals surface area contributed by atoms with E-state index in [-0.39, 0.29) is 5.78 Å². The molecule has 5 aromatic rings. The van der Waals surface area contributed by atoms with Gasteiger partial charge in [0.2, 0.25) is 0 Å². The Hall–Kier alpha value is -3.92. The van der Waals surface area contributed by atoms with Gasteiger partial charge in [-0.25, -0.2) is 0 Å². The normalized spacial score (nSPS) is 11.1. The summed E-state index contributed by atoms with van der Waals surface area (Å²) in [7, 11) is 0. The minimum atomic E-state index is 0.0239. The number of hydrogen-bond donors (Lipinski definition) is 2. The molecule has 3 aromatic carbocycles. The number of nitrogens with one attached hydrogen (secondary N) is 2. The Bertz CT molecular complexity index is 1380. The first kappa shape index (κ1) is 18.1. The lowest BCUT2D eigenvalue weighted by atomic mass is 9.99. The summed E-state index contributed by atoms with van der Waals surface area (Å²) in [6.07, 6.45) is 1.80. The number of rotatable bonds is 5. The third kappa shape index (κ3) is 3.22. The molecule has 0 amide bonds. The predicted molar refractivity (Wildman–Crippen MR) is 122 cm³/mol. The number of carbonyl (C=O) groups is 1. The Kier molecular flexibility index (Phi) is 4.52. The summed E-state index contributed by atoms with van der Waals surface area (Å²) in [6, 6.07) is 25.8. The first-order valence-electron chi connectivity index (χ1n) is 9.99. The van der Waals surface area contributed by atoms with Crippen LogP contribution in [0.5, 0.6) is 0 Å². The number of fused-ring (bicyclic) bond motifs is 2. The van der Waals surface area contributed by atoms with Crippen LogP contribution in [0.2, 0.25) is 0 Å². The van der Waals surface area contributed by atoms with Gasteiger partial charge < -0.3 is 10.3 Å². The third-order valence-corrected chi connectivity index (χ3v) is 5.44. The third-order valence-electron chi connectivity index (χ3n) is 5.44. The Morgan fingerprint density at radius 3 is 2.73 bits per heavy atom. The van der Waals surface area contributed by atoms with E-state index in [1.54, 1.807) is 6.20 Å². The summed E-state index contributed by atoms with van der Waals surface area (Å²) in [5, 5.41) is 5.52. The lowest BCUT2D eigenvalue weighted by molar-refractivity contribution is 0.104. The smallest absolute Gasteiger partial charge is 0.197 e. The van der Waals surface area contributed by atoms with Crippen LogP contribution in [-0.4, -0.2) is 15.8 Å². The van der Waals surface area contributed by atoms with Crippen LogP contribution >= 0.6 is 0 Å². The van der Waals surface area contributed by atoms with E-state index in [0.29, 0.717) is 12.1 Å². The fraction of sp³-hybridized carbons (Fsp3) is 0.0769. The summed E-state index contributed by atoms with van der Waals surface area (Å²) in [5.74, 6) is 0.0239. The van der Waals surface area contributed by atoms with E-state index in [2.05, 4.69) is 33.5 Å². The molecule has 30 heavy (non-hydrogen) atoms. The van der Waals surface area contributed by atoms with Crippen molar-refractivity contribution in [2.24, 2.45) is 0 Å². The van der Waals surface area contributed by atoms with Gasteiger partial charge in [0.25, 0.3) is 0 Å². The highest BCUT2D eigenvalue weighted by Gasteiger charge is 2.19. The van der Waals surface area contributed by atoms with Crippen molar-refractivity contribution >= 4 is 33.3 Å². The quantitative estimate of drug-likeness (QED) is 0.369. The van der Waals surface area contributed by atoms with Gasteiger partial charge in [0.05, 0.1) is 11.1 Å². The zero-order valence-electron chi connectivity index (χ0n) is 16.6. The van der Waals surface area contributed by atoms with Gasteiger partial charge in [-0.2, -0.15) is 0 Å². The molecule has 0 bridgehead atoms. The van der Waals surface area contributed by atoms with Crippen molar-refractivity contribution in [3.8, 4) is 0 Å². The predicted octanol–water partition coefficient (Wildman–Crippen LogP) is 5.87. The summed E-state index contributed by atoms with van der Waals surface area (Å²) in [4.78, 5) is 21.2. The molecular formula is C26H21N3O. The average molecular weight is 391 g/mol. The van der Waals surface area contributed by atoms with Crippen molar-refractivity contribution in [1.29, 1.82) is 0 Å². The van der Waals surface area contributed by atoms with Crippen molar-refractivity contribution in [2.75, 3.05) is 5.32 Å². The standard InChI is InChI=1S/C26H21N3O/c1-17-25(20-8-2-5-11-24(20)29-17)26(30)21-9-3-4-10-23(21)28-16-18-12-13-22-19(15-18)7-6-14-27-22/h2-15,28-29H,16H2,1H3. The summed E-state index contributed by atoms with van der Waals surface area (Å²) < 4.78 is 0. The Balaban J connectivity index is 1.46. The maximum Gasteiger partial charge on any atom is 0.197 e. The van der Waals surface area contributed by atoms with E-state index in [4.69, 9.17) is 0 Å². The van der Waals surface area contributed by atoms with Crippen LogP contribution in [0.15, 0.2) is 85.1 Å². The van der Waals surface area contributed by atoms with Gasteiger partial charge in [0.1, 0.15) is 0 Å². The zero-order chi connectivity index (χ0) is 20.5. The highest BCUT2D eigenvalue weighted by atomic mass is 16.1. The maximum atomic E-state index is 13.5. The molecule has 2 N–H and O–H groups in total. The van der Waals surface area contributed by atoms with Crippen molar-refractivity contribution in [3.05, 3.63) is 107 Å². The minimum absolute atomic E-state index is 0.0239. The molecule has 0 aliphatic rings. The van der Waals surface area contributed by atoms with Gasteiger partial charge in [-0.15, -0.1) is 0 Å². The molecule has 0 aliphatic heterocycles. The number of ketones is 1. The number of hydrogen-bond acceptors (Lipinski definition) is 3. The molecule has 0 saturated carbocycles. The number of pyridine rings is 1. The van der Waals surface area contributed by atoms with Crippen LogP contribution in [0, 0.1) is 6.92 Å².